The zero-order chi connectivity index (χ0) is 15.6. The third-order valence-electron chi connectivity index (χ3n) is 3.96. The molecule has 0 radical (unpaired) electrons. The molecule has 1 atom stereocenters. The molecule has 0 aliphatic carbocycles. The highest BCUT2D eigenvalue weighted by atomic mass is 16.4. The summed E-state index contributed by atoms with van der Waals surface area (Å²) in [6.07, 6.45) is 7.90. The van der Waals surface area contributed by atoms with E-state index in [-0.39, 0.29) is 5.71 Å². The molecule has 122 valence electrons. The molecule has 1 unspecified atom stereocenters. The minimum absolute atomic E-state index is 0.00526. The second kappa shape index (κ2) is 9.32. The van der Waals surface area contributed by atoms with Crippen LogP contribution in [0, 0.1) is 5.92 Å². The predicted molar refractivity (Wildman–Crippen MR) is 87.4 cm³/mol. The molecular formula is C15H25N5O2. The minimum Gasteiger partial charge on any atom is -0.476 e. The Morgan fingerprint density at radius 2 is 2.18 bits per heavy atom. The number of hydrogen-bond donors (Lipinski definition) is 3. The van der Waals surface area contributed by atoms with Crippen LogP contribution in [0.1, 0.15) is 19.3 Å². The van der Waals surface area contributed by atoms with Crippen molar-refractivity contribution in [1.29, 1.82) is 0 Å². The Kier molecular flexibility index (Phi) is 7.05. The molecule has 3 N–H and O–H groups in total. The van der Waals surface area contributed by atoms with Crippen molar-refractivity contribution in [2.75, 3.05) is 39.3 Å². The summed E-state index contributed by atoms with van der Waals surface area (Å²) >= 11 is 0. The van der Waals surface area contributed by atoms with Gasteiger partial charge in [0.05, 0.1) is 0 Å². The zero-order valence-electron chi connectivity index (χ0n) is 12.9. The summed E-state index contributed by atoms with van der Waals surface area (Å²) in [5.41, 5.74) is 2.58. The Labute approximate surface area is 131 Å². The minimum atomic E-state index is -1.04. The molecule has 2 heterocycles. The number of carboxylic acids is 1. The summed E-state index contributed by atoms with van der Waals surface area (Å²) in [6.45, 7) is 6.17. The summed E-state index contributed by atoms with van der Waals surface area (Å²) in [7, 11) is 0. The van der Waals surface area contributed by atoms with Crippen molar-refractivity contribution < 1.29 is 9.90 Å². The Hall–Kier alpha value is -1.73. The van der Waals surface area contributed by atoms with Gasteiger partial charge in [0, 0.05) is 39.3 Å². The van der Waals surface area contributed by atoms with Crippen LogP contribution >= 0.6 is 0 Å². The Balaban J connectivity index is 1.91. The normalized spacial score (nSPS) is 28.5. The lowest BCUT2D eigenvalue weighted by Gasteiger charge is -2.30. The van der Waals surface area contributed by atoms with Crippen LogP contribution in [0.25, 0.3) is 0 Å². The van der Waals surface area contributed by atoms with Gasteiger partial charge < -0.3 is 15.3 Å². The third kappa shape index (κ3) is 5.95. The highest BCUT2D eigenvalue weighted by molar-refractivity contribution is 6.40. The number of aliphatic carboxylic acids is 1. The second-order valence-corrected chi connectivity index (χ2v) is 5.65. The van der Waals surface area contributed by atoms with Crippen LogP contribution in [0.4, 0.5) is 0 Å². The van der Waals surface area contributed by atoms with Gasteiger partial charge in [-0.3, -0.25) is 10.4 Å². The molecule has 0 aromatic heterocycles. The van der Waals surface area contributed by atoms with Crippen molar-refractivity contribution in [3.05, 3.63) is 12.2 Å². The smallest absolute Gasteiger partial charge is 0.356 e. The number of carbonyl (C=O) groups is 1. The molecule has 2 aliphatic rings. The fourth-order valence-corrected chi connectivity index (χ4v) is 2.73. The van der Waals surface area contributed by atoms with Crippen molar-refractivity contribution in [2.24, 2.45) is 16.0 Å². The average molecular weight is 307 g/mol. The molecule has 2 aliphatic heterocycles. The maximum absolute atomic E-state index is 11.0. The van der Waals surface area contributed by atoms with E-state index < -0.39 is 5.97 Å². The van der Waals surface area contributed by atoms with Gasteiger partial charge >= 0.3 is 5.97 Å². The molecule has 1 saturated heterocycles. The molecule has 0 aromatic rings. The lowest BCUT2D eigenvalue weighted by molar-refractivity contribution is -0.129. The SMILES string of the molecule is O=C(O)C1=N/NC=NCCC(CN2CCNCC2)CC/C=C\1. The van der Waals surface area contributed by atoms with Gasteiger partial charge in [-0.1, -0.05) is 6.08 Å². The lowest BCUT2D eigenvalue weighted by Crippen LogP contribution is -2.45. The third-order valence-corrected chi connectivity index (χ3v) is 3.96. The monoisotopic (exact) mass is 307 g/mol. The van der Waals surface area contributed by atoms with Crippen LogP contribution in [-0.2, 0) is 4.79 Å². The van der Waals surface area contributed by atoms with Gasteiger partial charge in [0.1, 0.15) is 6.34 Å². The van der Waals surface area contributed by atoms with E-state index in [2.05, 4.69) is 25.7 Å². The summed E-state index contributed by atoms with van der Waals surface area (Å²) < 4.78 is 0. The van der Waals surface area contributed by atoms with Gasteiger partial charge in [-0.15, -0.1) is 0 Å². The number of hydrazone groups is 1. The van der Waals surface area contributed by atoms with E-state index in [0.29, 0.717) is 5.92 Å². The van der Waals surface area contributed by atoms with Crippen LogP contribution in [0.5, 0.6) is 0 Å². The van der Waals surface area contributed by atoms with Crippen LogP contribution < -0.4 is 10.7 Å². The summed E-state index contributed by atoms with van der Waals surface area (Å²) in [6, 6.07) is 0. The molecule has 0 spiro atoms. The fraction of sp³-hybridized carbons (Fsp3) is 0.667. The molecule has 1 fully saturated rings. The number of hydrogen-bond acceptors (Lipinski definition) is 6. The number of piperazine rings is 1. The highest BCUT2D eigenvalue weighted by Gasteiger charge is 2.16. The van der Waals surface area contributed by atoms with E-state index in [1.165, 1.54) is 6.34 Å². The molecule has 0 amide bonds. The fourth-order valence-electron chi connectivity index (χ4n) is 2.73. The molecule has 0 saturated carbocycles. The number of aliphatic imine (C=N–C) groups is 1. The van der Waals surface area contributed by atoms with E-state index in [0.717, 1.165) is 58.5 Å². The van der Waals surface area contributed by atoms with Crippen molar-refractivity contribution in [3.63, 3.8) is 0 Å². The second-order valence-electron chi connectivity index (χ2n) is 5.65. The number of allylic oxidation sites excluding steroid dienone is 1. The Bertz CT molecular complexity index is 441. The molecule has 0 bridgehead atoms. The number of nitrogens with zero attached hydrogens (tertiary/aromatic N) is 3. The average Bonchev–Trinajstić information content (AvgIpc) is 2.51. The quantitative estimate of drug-likeness (QED) is 0.698. The van der Waals surface area contributed by atoms with Crippen molar-refractivity contribution in [3.8, 4) is 0 Å². The number of rotatable bonds is 3. The molecule has 0 aromatic carbocycles. The first kappa shape index (κ1) is 16.6. The highest BCUT2D eigenvalue weighted by Crippen LogP contribution is 2.15. The number of carboxylic acid groups (broad SMARTS) is 1. The van der Waals surface area contributed by atoms with Gasteiger partial charge in [-0.2, -0.15) is 5.10 Å². The largest absolute Gasteiger partial charge is 0.476 e. The van der Waals surface area contributed by atoms with Gasteiger partial charge in [0.25, 0.3) is 0 Å². The summed E-state index contributed by atoms with van der Waals surface area (Å²) in [5.74, 6) is -0.448. The predicted octanol–water partition coefficient (Wildman–Crippen LogP) is 0.306. The van der Waals surface area contributed by atoms with E-state index in [1.807, 2.05) is 6.08 Å². The van der Waals surface area contributed by atoms with E-state index in [9.17, 15) is 4.79 Å². The van der Waals surface area contributed by atoms with Gasteiger partial charge in [-0.25, -0.2) is 4.79 Å². The first-order valence-corrected chi connectivity index (χ1v) is 7.90. The van der Waals surface area contributed by atoms with Crippen molar-refractivity contribution >= 4 is 18.0 Å². The van der Waals surface area contributed by atoms with E-state index in [1.54, 1.807) is 6.08 Å². The van der Waals surface area contributed by atoms with Gasteiger partial charge in [0.15, 0.2) is 5.71 Å². The zero-order valence-corrected chi connectivity index (χ0v) is 12.9. The van der Waals surface area contributed by atoms with Gasteiger partial charge in [0.2, 0.25) is 0 Å². The van der Waals surface area contributed by atoms with Crippen LogP contribution in [0.2, 0.25) is 0 Å². The maximum Gasteiger partial charge on any atom is 0.356 e. The van der Waals surface area contributed by atoms with E-state index >= 15 is 0 Å². The first-order chi connectivity index (χ1) is 10.8. The van der Waals surface area contributed by atoms with Crippen molar-refractivity contribution in [1.82, 2.24) is 15.6 Å². The summed E-state index contributed by atoms with van der Waals surface area (Å²) in [5, 5.41) is 16.2. The molecule has 22 heavy (non-hydrogen) atoms. The van der Waals surface area contributed by atoms with Crippen LogP contribution in [0.3, 0.4) is 0 Å². The van der Waals surface area contributed by atoms with Crippen LogP contribution in [-0.4, -0.2) is 67.3 Å². The Morgan fingerprint density at radius 3 is 2.95 bits per heavy atom. The Morgan fingerprint density at radius 1 is 1.36 bits per heavy atom. The molecular weight excluding hydrogens is 282 g/mol. The lowest BCUT2D eigenvalue weighted by atomic mass is 9.98. The summed E-state index contributed by atoms with van der Waals surface area (Å²) in [4.78, 5) is 17.8. The van der Waals surface area contributed by atoms with E-state index in [4.69, 9.17) is 5.11 Å². The van der Waals surface area contributed by atoms with Gasteiger partial charge in [-0.05, 0) is 31.3 Å². The van der Waals surface area contributed by atoms with Crippen molar-refractivity contribution in [2.45, 2.75) is 19.3 Å². The molecule has 2 rings (SSSR count). The first-order valence-electron chi connectivity index (χ1n) is 7.90. The topological polar surface area (TPSA) is 89.3 Å². The maximum atomic E-state index is 11.0. The molecule has 7 nitrogen and oxygen atoms in total. The van der Waals surface area contributed by atoms with Crippen LogP contribution in [0.15, 0.2) is 22.2 Å². The standard InChI is InChI=1S/C15H25N5O2/c21-15(22)14-4-2-1-3-13(5-6-17-12-18-19-14)11-20-9-7-16-8-10-20/h2,4,12-13,16H,1,3,5-11H2,(H,17,18)(H,21,22)/b4-2-,19-14+. The number of nitrogens with one attached hydrogen (secondary N) is 2. The molecule has 7 heteroatoms.